The van der Waals surface area contributed by atoms with Crippen molar-refractivity contribution in [1.82, 2.24) is 0 Å². The highest BCUT2D eigenvalue weighted by Crippen LogP contribution is 2.19. The lowest BCUT2D eigenvalue weighted by Gasteiger charge is -2.17. The third-order valence-corrected chi connectivity index (χ3v) is 1.72. The number of rotatable bonds is 0. The van der Waals surface area contributed by atoms with E-state index in [2.05, 4.69) is 20.8 Å². The molecule has 0 aliphatic carbocycles. The van der Waals surface area contributed by atoms with Crippen molar-refractivity contribution in [3.8, 4) is 0 Å². The van der Waals surface area contributed by atoms with E-state index in [4.69, 9.17) is 24.5 Å². The van der Waals surface area contributed by atoms with E-state index in [-0.39, 0.29) is 5.41 Å². The maximum atomic E-state index is 8.49. The monoisotopic (exact) mass is 250 g/mol. The normalized spacial score (nSPS) is 11.7. The average Bonchev–Trinajstić information content (AvgIpc) is 1.99. The number of pyridine rings is 1. The van der Waals surface area contributed by atoms with Gasteiger partial charge in [-0.2, -0.15) is 0 Å². The summed E-state index contributed by atoms with van der Waals surface area (Å²) in [4.78, 5) is 0. The summed E-state index contributed by atoms with van der Waals surface area (Å²) in [7, 11) is -4.94. The van der Waals surface area contributed by atoms with Crippen LogP contribution in [0.25, 0.3) is 0 Å². The van der Waals surface area contributed by atoms with Gasteiger partial charge in [0.15, 0.2) is 12.4 Å². The topological polar surface area (TPSA) is 122 Å². The van der Waals surface area contributed by atoms with E-state index in [1.165, 1.54) is 5.56 Å². The molecule has 0 saturated carbocycles. The van der Waals surface area contributed by atoms with Gasteiger partial charge in [-0.25, -0.2) is 24.5 Å². The van der Waals surface area contributed by atoms with E-state index < -0.39 is 10.2 Å². The minimum absolute atomic E-state index is 0.217. The summed E-state index contributed by atoms with van der Waals surface area (Å²) in [5.41, 5.74) is 1.52. The molecular formula is C9H15ClN2O4. The van der Waals surface area contributed by atoms with Crippen LogP contribution in [0.5, 0.6) is 0 Å². The lowest BCUT2D eigenvalue weighted by molar-refractivity contribution is -2.00. The minimum atomic E-state index is -4.94. The zero-order chi connectivity index (χ0) is 13.0. The molecule has 92 valence electrons. The molecule has 0 aliphatic heterocycles. The van der Waals surface area contributed by atoms with Crippen molar-refractivity contribution in [3.63, 3.8) is 0 Å². The maximum Gasteiger partial charge on any atom is 0.199 e. The fraction of sp³-hybridized carbons (Fsp3) is 0.444. The summed E-state index contributed by atoms with van der Waals surface area (Å²) in [5.74, 6) is 5.49. The molecule has 0 aliphatic rings. The van der Waals surface area contributed by atoms with Crippen molar-refractivity contribution in [2.75, 3.05) is 5.84 Å². The molecule has 1 rings (SSSR count). The van der Waals surface area contributed by atoms with Crippen molar-refractivity contribution in [1.29, 1.82) is 0 Å². The molecular weight excluding hydrogens is 236 g/mol. The van der Waals surface area contributed by atoms with Crippen LogP contribution in [0.15, 0.2) is 24.5 Å². The van der Waals surface area contributed by atoms with Crippen LogP contribution in [0.3, 0.4) is 0 Å². The van der Waals surface area contributed by atoms with Crippen molar-refractivity contribution < 1.29 is 33.6 Å². The third-order valence-electron chi connectivity index (χ3n) is 1.72. The lowest BCUT2D eigenvalue weighted by atomic mass is 9.88. The number of halogens is 1. The highest BCUT2D eigenvalue weighted by molar-refractivity contribution is 5.17. The van der Waals surface area contributed by atoms with Crippen LogP contribution in [0.1, 0.15) is 26.3 Å². The van der Waals surface area contributed by atoms with Gasteiger partial charge in [0, 0.05) is 12.1 Å². The van der Waals surface area contributed by atoms with E-state index >= 15 is 0 Å². The van der Waals surface area contributed by atoms with Crippen molar-refractivity contribution in [3.05, 3.63) is 30.1 Å². The highest BCUT2D eigenvalue weighted by Gasteiger charge is 2.13. The zero-order valence-electron chi connectivity index (χ0n) is 9.34. The van der Waals surface area contributed by atoms with Gasteiger partial charge in [-0.1, -0.05) is 25.4 Å². The van der Waals surface area contributed by atoms with Crippen molar-refractivity contribution in [2.45, 2.75) is 26.2 Å². The molecule has 0 unspecified atom stereocenters. The third kappa shape index (κ3) is 8.39. The molecule has 0 amide bonds. The molecule has 2 N–H and O–H groups in total. The quantitative estimate of drug-likeness (QED) is 0.374. The van der Waals surface area contributed by atoms with Crippen molar-refractivity contribution >= 4 is 0 Å². The number of nitrogens with zero attached hydrogens (tertiary/aromatic N) is 1. The molecule has 0 fully saturated rings. The van der Waals surface area contributed by atoms with Gasteiger partial charge in [-0.15, -0.1) is 10.2 Å². The predicted molar refractivity (Wildman–Crippen MR) is 45.5 cm³/mol. The van der Waals surface area contributed by atoms with Crippen molar-refractivity contribution in [2.24, 2.45) is 0 Å². The molecule has 6 nitrogen and oxygen atoms in total. The Morgan fingerprint density at radius 2 is 1.38 bits per heavy atom. The fourth-order valence-electron chi connectivity index (χ4n) is 0.938. The van der Waals surface area contributed by atoms with Crippen LogP contribution >= 0.6 is 0 Å². The first-order valence-electron chi connectivity index (χ1n) is 4.39. The Kier molecular flexibility index (Phi) is 5.11. The second kappa shape index (κ2) is 5.42. The van der Waals surface area contributed by atoms with Crippen LogP contribution in [0, 0.1) is 10.2 Å². The lowest BCUT2D eigenvalue weighted by Crippen LogP contribution is -2.68. The Morgan fingerprint density at radius 3 is 1.62 bits per heavy atom. The SMILES string of the molecule is CC(C)(C)c1cc[n+](N)cc1.[O-][Cl+3]([O-])([O-])[O-]. The zero-order valence-corrected chi connectivity index (χ0v) is 10.1. The Balaban J connectivity index is 0.000000385. The second-order valence-electron chi connectivity index (χ2n) is 4.16. The van der Waals surface area contributed by atoms with Gasteiger partial charge in [0.25, 0.3) is 0 Å². The largest absolute Gasteiger partial charge is 0.222 e. The first-order chi connectivity index (χ1) is 7.00. The highest BCUT2D eigenvalue weighted by atomic mass is 35.7. The Labute approximate surface area is 96.3 Å². The van der Waals surface area contributed by atoms with E-state index in [1.807, 2.05) is 24.5 Å². The molecule has 0 bridgehead atoms. The van der Waals surface area contributed by atoms with Gasteiger partial charge >= 0.3 is 0 Å². The number of hydrogen-bond acceptors (Lipinski definition) is 5. The first-order valence-corrected chi connectivity index (χ1v) is 5.62. The summed E-state index contributed by atoms with van der Waals surface area (Å²) in [6.45, 7) is 6.55. The molecule has 7 heteroatoms. The van der Waals surface area contributed by atoms with E-state index in [0.29, 0.717) is 0 Å². The number of nitrogen functional groups attached to an aromatic ring is 1. The molecule has 0 saturated heterocycles. The molecule has 1 aromatic heterocycles. The smallest absolute Gasteiger partial charge is 0.199 e. The summed E-state index contributed by atoms with van der Waals surface area (Å²) in [6.07, 6.45) is 3.72. The number of hydrogen-bond donors (Lipinski definition) is 1. The summed E-state index contributed by atoms with van der Waals surface area (Å²) >= 11 is 0. The molecule has 0 aromatic carbocycles. The van der Waals surface area contributed by atoms with Crippen LogP contribution in [-0.4, -0.2) is 0 Å². The fourth-order valence-corrected chi connectivity index (χ4v) is 0.938. The van der Waals surface area contributed by atoms with Gasteiger partial charge in [-0.3, -0.25) is 0 Å². The van der Waals surface area contributed by atoms with E-state index in [0.717, 1.165) is 0 Å². The number of aromatic nitrogens is 1. The maximum absolute atomic E-state index is 8.49. The van der Waals surface area contributed by atoms with E-state index in [9.17, 15) is 0 Å². The van der Waals surface area contributed by atoms with Crippen LogP contribution in [0.4, 0.5) is 0 Å². The van der Waals surface area contributed by atoms with Gasteiger partial charge < -0.3 is 0 Å². The molecule has 0 atom stereocenters. The first kappa shape index (κ1) is 15.1. The van der Waals surface area contributed by atoms with Gasteiger partial charge in [-0.05, 0) is 11.0 Å². The number of nitrogens with two attached hydrogens (primary N) is 1. The standard InChI is InChI=1S/C9H15N2.ClHO4/c1-9(2,3)8-4-6-11(10)7-5-8;2-1(3,4)5/h4-7H,10H2,1-3H3;(H,2,3,4,5)/q+1;/p-1. The molecule has 0 spiro atoms. The summed E-state index contributed by atoms with van der Waals surface area (Å²) in [5, 5.41) is 0. The Hall–Kier alpha value is -0.920. The van der Waals surface area contributed by atoms with E-state index in [1.54, 1.807) is 4.68 Å². The van der Waals surface area contributed by atoms with Gasteiger partial charge in [0.1, 0.15) is 0 Å². The van der Waals surface area contributed by atoms with Crippen LogP contribution < -0.4 is 29.2 Å². The molecule has 16 heavy (non-hydrogen) atoms. The predicted octanol–water partition coefficient (Wildman–Crippen LogP) is -3.77. The Bertz CT molecular complexity index is 310. The second-order valence-corrected chi connectivity index (χ2v) is 4.92. The van der Waals surface area contributed by atoms with Gasteiger partial charge in [0.2, 0.25) is 0 Å². The van der Waals surface area contributed by atoms with Gasteiger partial charge in [0.05, 0.1) is 0 Å². The molecule has 1 heterocycles. The van der Waals surface area contributed by atoms with Crippen LogP contribution in [-0.2, 0) is 5.41 Å². The average molecular weight is 251 g/mol. The molecule has 1 aromatic rings. The summed E-state index contributed by atoms with van der Waals surface area (Å²) < 4.78 is 35.5. The summed E-state index contributed by atoms with van der Waals surface area (Å²) in [6, 6.07) is 4.08. The Morgan fingerprint density at radius 1 is 1.06 bits per heavy atom. The minimum Gasteiger partial charge on any atom is -0.222 e. The van der Waals surface area contributed by atoms with Crippen LogP contribution in [0.2, 0.25) is 0 Å². The molecule has 0 radical (unpaired) electrons.